The van der Waals surface area contributed by atoms with Gasteiger partial charge in [-0.1, -0.05) is 109 Å². The molecule has 37 nitrogen and oxygen atoms in total. The van der Waals surface area contributed by atoms with E-state index < -0.39 is 261 Å². The number of rotatable bonds is 35. The number of nitrogens with one attached hydrogen (secondary N) is 11. The number of carboxylic acid groups (broad SMARTS) is 2. The first-order valence-corrected chi connectivity index (χ1v) is 40.8. The minimum absolute atomic E-state index is 0.0150. The first kappa shape index (κ1) is 98.8. The molecule has 37 heteroatoms. The van der Waals surface area contributed by atoms with Crippen molar-refractivity contribution in [1.82, 2.24) is 58.2 Å². The smallest absolute Gasteiger partial charge is 0.329 e. The maximum absolute atomic E-state index is 15.0. The second-order valence-electron chi connectivity index (χ2n) is 30.7. The number of primary amides is 1. The number of anilines is 1. The lowest BCUT2D eigenvalue weighted by Crippen LogP contribution is -2.57. The van der Waals surface area contributed by atoms with Crippen molar-refractivity contribution >= 4 is 129 Å². The van der Waals surface area contributed by atoms with Crippen LogP contribution in [0.1, 0.15) is 212 Å². The number of hydrogen-bond donors (Lipinski definition) is 16. The van der Waals surface area contributed by atoms with Crippen LogP contribution in [0.4, 0.5) is 5.69 Å². The lowest BCUT2D eigenvalue weighted by Gasteiger charge is -2.29. The van der Waals surface area contributed by atoms with E-state index in [2.05, 4.69) is 65.1 Å². The van der Waals surface area contributed by atoms with Crippen LogP contribution in [-0.4, -0.2) is 213 Å². The number of para-hydroxylation sites is 2. The van der Waals surface area contributed by atoms with Gasteiger partial charge in [-0.15, -0.1) is 0 Å². The fourth-order valence-corrected chi connectivity index (χ4v) is 13.7. The Morgan fingerprint density at radius 3 is 1.93 bits per heavy atom. The number of nitrogens with two attached hydrogens (primary N) is 2. The normalized spacial score (nSPS) is 22.7. The molecule has 11 amide bonds. The highest BCUT2D eigenvalue weighted by molar-refractivity contribution is 6.05. The molecule has 1 fully saturated rings. The molecule has 1 aromatic heterocycles. The van der Waals surface area contributed by atoms with Crippen molar-refractivity contribution < 1.29 is 116 Å². The molecule has 1 aliphatic heterocycles. The summed E-state index contributed by atoms with van der Waals surface area (Å²) in [5, 5.41) is 55.2. The number of fused-ring (bicyclic) bond motifs is 1. The van der Waals surface area contributed by atoms with Crippen molar-refractivity contribution in [2.45, 2.75) is 263 Å². The number of ketones is 4. The number of esters is 2. The summed E-state index contributed by atoms with van der Waals surface area (Å²) in [6.45, 7) is 4.92. The summed E-state index contributed by atoms with van der Waals surface area (Å²) in [5.74, 6) is -27.8. The van der Waals surface area contributed by atoms with Gasteiger partial charge in [0.15, 0.2) is 23.1 Å². The Kier molecular flexibility index (Phi) is 41.9. The third kappa shape index (κ3) is 34.3. The summed E-state index contributed by atoms with van der Waals surface area (Å²) in [6, 6.07) is -1.56. The maximum atomic E-state index is 15.0. The third-order valence-electron chi connectivity index (χ3n) is 20.7. The number of Topliss-reactive ketones (excluding diaryl/α,β-unsaturated/α-hetero) is 4. The number of aliphatic hydroxyl groups excluding tert-OH is 1. The molecule has 2 unspecified atom stereocenters. The molecule has 1 saturated heterocycles. The number of ether oxygens (including phenoxy) is 2. The molecule has 1 aliphatic carbocycles. The first-order valence-electron chi connectivity index (χ1n) is 40.8. The lowest BCUT2D eigenvalue weighted by atomic mass is 9.84. The summed E-state index contributed by atoms with van der Waals surface area (Å²) >= 11 is 0. The van der Waals surface area contributed by atoms with Gasteiger partial charge < -0.3 is 94.4 Å². The van der Waals surface area contributed by atoms with Gasteiger partial charge in [-0.25, -0.2) is 4.79 Å². The minimum Gasteiger partial charge on any atom is -0.481 e. The summed E-state index contributed by atoms with van der Waals surface area (Å²) in [7, 11) is 0. The number of allylic oxidation sites excluding steroid dienone is 1. The SMILES string of the molecule is CCCCCCCCCC(=O)N[C@@H](Cc1c[nH]c2ccccc12)C(=O)N[C@H](CC(N)=O)C(=O)C[C@@H](CC(=O)O)C(=O)N[C@@H]1C(=O)NCC(=O)N[C@@H](CCCCC(=O)OC2/C=C/CCCCC2)C(=O)C[C@@H](C)C(=O)N[C@H](C)C(=O)N[C@@H](C)C(=O)NCC(=O)N[C@H](CO)C(=O)C[C@@H](C(C)CC(=O)O)C(=O)N[C@@H](CC(=O)c2ccccc2N)C(=O)O[C@@H]1C. The molecule has 2 aliphatic rings. The quantitative estimate of drug-likeness (QED) is 0.0132. The van der Waals surface area contributed by atoms with Crippen LogP contribution < -0.4 is 64.6 Å². The fraction of sp³-hybridized carbons (Fsp3) is 0.578. The molecular formula is C83H117N13O24. The van der Waals surface area contributed by atoms with Crippen LogP contribution in [0, 0.1) is 23.7 Å². The molecule has 658 valence electrons. The van der Waals surface area contributed by atoms with E-state index in [-0.39, 0.29) is 49.8 Å². The molecule has 2 aromatic carbocycles. The van der Waals surface area contributed by atoms with Gasteiger partial charge in [-0.2, -0.15) is 0 Å². The number of benzene rings is 2. The molecule has 0 radical (unpaired) electrons. The van der Waals surface area contributed by atoms with Crippen molar-refractivity contribution in [3.8, 4) is 0 Å². The van der Waals surface area contributed by atoms with E-state index in [9.17, 15) is 106 Å². The Hall–Kier alpha value is -11.8. The Morgan fingerprint density at radius 1 is 0.625 bits per heavy atom. The number of nitrogen functional groups attached to an aromatic ring is 1. The van der Waals surface area contributed by atoms with Crippen LogP contribution in [0.25, 0.3) is 10.9 Å². The number of carbonyl (C=O) groups is 19. The molecule has 0 bridgehead atoms. The highest BCUT2D eigenvalue weighted by Gasteiger charge is 2.41. The minimum atomic E-state index is -2.33. The summed E-state index contributed by atoms with van der Waals surface area (Å²) in [6.07, 6.45) is 5.95. The summed E-state index contributed by atoms with van der Waals surface area (Å²) in [5.41, 5.74) is 12.7. The number of aromatic amines is 1. The van der Waals surface area contributed by atoms with Crippen LogP contribution in [0.2, 0.25) is 0 Å². The predicted molar refractivity (Wildman–Crippen MR) is 433 cm³/mol. The number of amides is 11. The molecule has 2 heterocycles. The zero-order chi connectivity index (χ0) is 88.7. The molecular weight excluding hydrogens is 1560 g/mol. The van der Waals surface area contributed by atoms with Gasteiger partial charge >= 0.3 is 23.9 Å². The van der Waals surface area contributed by atoms with E-state index in [0.29, 0.717) is 35.7 Å². The van der Waals surface area contributed by atoms with Gasteiger partial charge in [0.1, 0.15) is 48.5 Å². The monoisotopic (exact) mass is 1680 g/mol. The topological polar surface area (TPSA) is 592 Å². The average Bonchev–Trinajstić information content (AvgIpc) is 1.57. The first-order chi connectivity index (χ1) is 57.0. The Bertz CT molecular complexity index is 4160. The number of aromatic nitrogens is 1. The van der Waals surface area contributed by atoms with E-state index in [1.54, 1.807) is 30.5 Å². The molecule has 0 saturated carbocycles. The van der Waals surface area contributed by atoms with Gasteiger partial charge in [-0.05, 0) is 101 Å². The number of unbranched alkanes of at least 4 members (excludes halogenated alkanes) is 7. The molecule has 5 rings (SSSR count). The highest BCUT2D eigenvalue weighted by Crippen LogP contribution is 2.26. The number of cyclic esters (lactones) is 1. The third-order valence-corrected chi connectivity index (χ3v) is 20.7. The Morgan fingerprint density at radius 2 is 1.25 bits per heavy atom. The van der Waals surface area contributed by atoms with E-state index in [1.165, 1.54) is 52.0 Å². The van der Waals surface area contributed by atoms with E-state index in [0.717, 1.165) is 64.7 Å². The Balaban J connectivity index is 1.58. The van der Waals surface area contributed by atoms with Gasteiger partial charge in [0, 0.05) is 91.6 Å². The van der Waals surface area contributed by atoms with E-state index in [1.807, 2.05) is 12.2 Å². The van der Waals surface area contributed by atoms with Crippen LogP contribution in [-0.2, 0) is 102 Å². The van der Waals surface area contributed by atoms with E-state index >= 15 is 0 Å². The molecule has 14 atom stereocenters. The molecule has 18 N–H and O–H groups in total. The van der Waals surface area contributed by atoms with Crippen molar-refractivity contribution in [1.29, 1.82) is 0 Å². The highest BCUT2D eigenvalue weighted by atomic mass is 16.5. The van der Waals surface area contributed by atoms with Gasteiger partial charge in [0.05, 0.1) is 50.5 Å². The number of hydrogen-bond acceptors (Lipinski definition) is 23. The standard InChI is InChI=1S/C83H117N13O24/c1-7-8-9-10-11-15-18-32-69(103)92-61(36-52-42-86-58-30-22-20-27-54(52)58)81(116)94-60(41-68(85)102)66(100)37-51(38-73(108)109)79(114)96-75-50(6)119-83(118)62(40-64(98)55-28-19-21-29-57(55)84)95-80(115)56(46(2)35-72(106)107)39-67(101)63(45-97)93-71(105)43-87-77(112)48(4)90-78(113)49(5)89-76(111)47(3)34-65(99)59(91-70(104)44-88-82(75)117)31-23-24-33-74(110)120-53-25-16-13-12-14-17-26-53/h16,19-22,25,27-30,42,46-51,53,56,59-63,75,86,97H,7-15,17-18,23-24,26,31-41,43-45,84H2,1-6H3,(H2,85,102)(H,87,112)(H,88,117)(H,89,111)(H,90,113)(H,91,104)(H,92,103)(H,93,105)(H,94,116)(H,95,115)(H,96,114)(H,106,107)(H,108,109)/b25-16+/t46?,47-,48+,49-,50-,51+,53?,56+,59+,60-,61+,62+,63-,75+/m1/s1. The van der Waals surface area contributed by atoms with Crippen molar-refractivity contribution in [2.24, 2.45) is 29.4 Å². The zero-order valence-electron chi connectivity index (χ0n) is 68.8. The van der Waals surface area contributed by atoms with Gasteiger partial charge in [0.2, 0.25) is 65.0 Å². The van der Waals surface area contributed by atoms with Gasteiger partial charge in [-0.3, -0.25) is 86.3 Å². The van der Waals surface area contributed by atoms with Crippen LogP contribution in [0.5, 0.6) is 0 Å². The van der Waals surface area contributed by atoms with Crippen LogP contribution in [0.3, 0.4) is 0 Å². The number of aliphatic hydroxyl groups is 1. The number of H-pyrrole nitrogens is 1. The molecule has 120 heavy (non-hydrogen) atoms. The van der Waals surface area contributed by atoms with Gasteiger partial charge in [0.25, 0.3) is 0 Å². The fourth-order valence-electron chi connectivity index (χ4n) is 13.7. The average molecular weight is 1680 g/mol. The van der Waals surface area contributed by atoms with Crippen LogP contribution >= 0.6 is 0 Å². The predicted octanol–water partition coefficient (Wildman–Crippen LogP) is 1.99. The Labute approximate surface area is 695 Å². The van der Waals surface area contributed by atoms with Crippen LogP contribution in [0.15, 0.2) is 66.9 Å². The number of aliphatic carboxylic acids is 2. The maximum Gasteiger partial charge on any atom is 0.329 e. The lowest BCUT2D eigenvalue weighted by molar-refractivity contribution is -0.156. The molecule has 3 aromatic rings. The molecule has 0 spiro atoms. The van der Waals surface area contributed by atoms with Crippen molar-refractivity contribution in [3.05, 3.63) is 78.0 Å². The van der Waals surface area contributed by atoms with Crippen molar-refractivity contribution in [3.63, 3.8) is 0 Å². The van der Waals surface area contributed by atoms with E-state index in [4.69, 9.17) is 20.9 Å². The number of carboxylic acids is 2. The summed E-state index contributed by atoms with van der Waals surface area (Å²) in [4.78, 5) is 267. The number of carbonyl (C=O) groups excluding carboxylic acids is 17. The second kappa shape index (κ2) is 50.9. The largest absolute Gasteiger partial charge is 0.481 e. The second-order valence-corrected chi connectivity index (χ2v) is 30.7. The van der Waals surface area contributed by atoms with Crippen molar-refractivity contribution in [2.75, 3.05) is 25.4 Å². The zero-order valence-corrected chi connectivity index (χ0v) is 68.8. The summed E-state index contributed by atoms with van der Waals surface area (Å²) < 4.78 is 11.5.